The summed E-state index contributed by atoms with van der Waals surface area (Å²) in [6.07, 6.45) is 4.63. The number of rotatable bonds is 8. The number of ether oxygens (including phenoxy) is 3. The smallest absolute Gasteiger partial charge is 0.341 e. The van der Waals surface area contributed by atoms with E-state index in [1.165, 1.54) is 23.8 Å². The van der Waals surface area contributed by atoms with E-state index in [0.29, 0.717) is 17.1 Å². The number of carbonyl (C=O) groups excluding carboxylic acids is 1. The second-order valence-corrected chi connectivity index (χ2v) is 12.0. The van der Waals surface area contributed by atoms with Crippen LogP contribution < -0.4 is 9.64 Å². The number of H-pyrrole nitrogens is 1. The maximum atomic E-state index is 12.6. The van der Waals surface area contributed by atoms with Crippen LogP contribution in [-0.4, -0.2) is 73.6 Å². The standard InChI is InChI=1S/C34H37ClN4O4/c1-34(42-3)14-13-27(23-7-9-25(35)10-8-23)24(20-34)22-38-15-17-39(18-16-38)26-11-12-28(33(40)41-2)32(19-26)43-31-6-4-5-30-29(31)21-36-37-30/h4-12,19,21H,13-18,20,22H2,1-3H3,(H,36,37). The fraction of sp³-hybridized carbons (Fsp3) is 0.353. The van der Waals surface area contributed by atoms with Crippen LogP contribution in [0.15, 0.2) is 72.4 Å². The van der Waals surface area contributed by atoms with Crippen LogP contribution in [0.25, 0.3) is 16.5 Å². The Hall–Kier alpha value is -3.85. The van der Waals surface area contributed by atoms with Gasteiger partial charge in [0.2, 0.25) is 0 Å². The maximum Gasteiger partial charge on any atom is 0.341 e. The number of anilines is 1. The molecular formula is C34H37ClN4O4. The van der Waals surface area contributed by atoms with Crippen LogP contribution in [-0.2, 0) is 9.47 Å². The van der Waals surface area contributed by atoms with E-state index in [4.69, 9.17) is 25.8 Å². The summed E-state index contributed by atoms with van der Waals surface area (Å²) in [7, 11) is 3.20. The van der Waals surface area contributed by atoms with Crippen molar-refractivity contribution in [1.29, 1.82) is 0 Å². The molecule has 1 fully saturated rings. The highest BCUT2D eigenvalue weighted by Gasteiger charge is 2.33. The number of methoxy groups -OCH3 is 2. The molecular weight excluding hydrogens is 564 g/mol. The summed E-state index contributed by atoms with van der Waals surface area (Å²) in [5.74, 6) is 0.643. The van der Waals surface area contributed by atoms with Crippen molar-refractivity contribution in [3.05, 3.63) is 88.6 Å². The van der Waals surface area contributed by atoms with Crippen LogP contribution in [0.3, 0.4) is 0 Å². The Morgan fingerprint density at radius 1 is 1.02 bits per heavy atom. The second-order valence-electron chi connectivity index (χ2n) is 11.5. The van der Waals surface area contributed by atoms with Crippen molar-refractivity contribution in [2.24, 2.45) is 0 Å². The molecule has 1 saturated heterocycles. The van der Waals surface area contributed by atoms with E-state index in [1.54, 1.807) is 12.3 Å². The number of allylic oxidation sites excluding steroid dienone is 1. The molecule has 43 heavy (non-hydrogen) atoms. The van der Waals surface area contributed by atoms with E-state index in [0.717, 1.165) is 73.6 Å². The van der Waals surface area contributed by atoms with Crippen molar-refractivity contribution in [3.63, 3.8) is 0 Å². The summed E-state index contributed by atoms with van der Waals surface area (Å²) in [6.45, 7) is 6.69. The lowest BCUT2D eigenvalue weighted by Gasteiger charge is -2.40. The molecule has 8 nitrogen and oxygen atoms in total. The van der Waals surface area contributed by atoms with Crippen LogP contribution in [0.5, 0.6) is 11.5 Å². The van der Waals surface area contributed by atoms with Gasteiger partial charge in [-0.15, -0.1) is 0 Å². The fourth-order valence-corrected chi connectivity index (χ4v) is 6.32. The number of hydrogen-bond acceptors (Lipinski definition) is 7. The monoisotopic (exact) mass is 600 g/mol. The first-order valence-electron chi connectivity index (χ1n) is 14.7. The van der Waals surface area contributed by atoms with Crippen molar-refractivity contribution in [2.45, 2.75) is 31.8 Å². The predicted octanol–water partition coefficient (Wildman–Crippen LogP) is 6.96. The zero-order valence-corrected chi connectivity index (χ0v) is 25.6. The van der Waals surface area contributed by atoms with Gasteiger partial charge in [-0.2, -0.15) is 5.10 Å². The molecule has 9 heteroatoms. The normalized spacial score (nSPS) is 19.6. The summed E-state index contributed by atoms with van der Waals surface area (Å²) in [4.78, 5) is 17.5. The topological polar surface area (TPSA) is 79.9 Å². The van der Waals surface area contributed by atoms with Crippen molar-refractivity contribution in [3.8, 4) is 11.5 Å². The fourth-order valence-electron chi connectivity index (χ4n) is 6.19. The van der Waals surface area contributed by atoms with Gasteiger partial charge in [0, 0.05) is 56.6 Å². The van der Waals surface area contributed by atoms with E-state index >= 15 is 0 Å². The SMILES string of the molecule is COC(=O)c1ccc(N2CCN(CC3=C(c4ccc(Cl)cc4)CCC(C)(OC)C3)CC2)cc1Oc1cccc2[nH]ncc12. The van der Waals surface area contributed by atoms with Crippen molar-refractivity contribution in [1.82, 2.24) is 15.1 Å². The Morgan fingerprint density at radius 3 is 2.56 bits per heavy atom. The zero-order valence-electron chi connectivity index (χ0n) is 24.9. The van der Waals surface area contributed by atoms with E-state index in [2.05, 4.69) is 39.1 Å². The Kier molecular flexibility index (Phi) is 8.43. The molecule has 1 N–H and O–H groups in total. The van der Waals surface area contributed by atoms with Gasteiger partial charge in [-0.1, -0.05) is 29.8 Å². The molecule has 2 heterocycles. The van der Waals surface area contributed by atoms with Crippen molar-refractivity contribution in [2.75, 3.05) is 51.8 Å². The summed E-state index contributed by atoms with van der Waals surface area (Å²) in [5.41, 5.74) is 6.21. The van der Waals surface area contributed by atoms with Gasteiger partial charge in [-0.25, -0.2) is 4.79 Å². The Morgan fingerprint density at radius 2 is 1.81 bits per heavy atom. The largest absolute Gasteiger partial charge is 0.465 e. The van der Waals surface area contributed by atoms with Gasteiger partial charge in [0.05, 0.1) is 29.8 Å². The highest BCUT2D eigenvalue weighted by molar-refractivity contribution is 6.30. The lowest BCUT2D eigenvalue weighted by Crippen LogP contribution is -2.47. The third-order valence-corrected chi connectivity index (χ3v) is 9.04. The van der Waals surface area contributed by atoms with Gasteiger partial charge < -0.3 is 19.1 Å². The van der Waals surface area contributed by atoms with Gasteiger partial charge in [0.15, 0.2) is 0 Å². The summed E-state index contributed by atoms with van der Waals surface area (Å²) in [6, 6.07) is 19.6. The van der Waals surface area contributed by atoms with Gasteiger partial charge in [0.1, 0.15) is 17.1 Å². The number of piperazine rings is 1. The number of benzene rings is 3. The summed E-state index contributed by atoms with van der Waals surface area (Å²) < 4.78 is 17.3. The molecule has 224 valence electrons. The zero-order chi connectivity index (χ0) is 30.0. The molecule has 3 aromatic carbocycles. The maximum absolute atomic E-state index is 12.6. The van der Waals surface area contributed by atoms with E-state index in [-0.39, 0.29) is 5.60 Å². The van der Waals surface area contributed by atoms with Gasteiger partial charge >= 0.3 is 5.97 Å². The highest BCUT2D eigenvalue weighted by atomic mass is 35.5. The quantitative estimate of drug-likeness (QED) is 0.219. The van der Waals surface area contributed by atoms with Crippen molar-refractivity contribution >= 4 is 39.7 Å². The van der Waals surface area contributed by atoms with Gasteiger partial charge in [-0.05, 0) is 79.3 Å². The molecule has 0 bridgehead atoms. The molecule has 1 atom stereocenters. The number of halogens is 1. The lowest BCUT2D eigenvalue weighted by molar-refractivity contribution is -0.00391. The Balaban J connectivity index is 1.20. The summed E-state index contributed by atoms with van der Waals surface area (Å²) >= 11 is 6.19. The molecule has 4 aromatic rings. The molecule has 0 saturated carbocycles. The minimum Gasteiger partial charge on any atom is -0.465 e. The first-order chi connectivity index (χ1) is 20.9. The number of nitrogens with one attached hydrogen (secondary N) is 1. The highest BCUT2D eigenvalue weighted by Crippen LogP contribution is 2.40. The Labute approximate surface area is 257 Å². The van der Waals surface area contributed by atoms with E-state index < -0.39 is 5.97 Å². The molecule has 0 amide bonds. The average molecular weight is 601 g/mol. The van der Waals surface area contributed by atoms with Crippen LogP contribution in [0.2, 0.25) is 5.02 Å². The van der Waals surface area contributed by atoms with E-state index in [9.17, 15) is 4.79 Å². The van der Waals surface area contributed by atoms with Crippen LogP contribution >= 0.6 is 11.6 Å². The number of hydrogen-bond donors (Lipinski definition) is 1. The van der Waals surface area contributed by atoms with Gasteiger partial charge in [0.25, 0.3) is 0 Å². The average Bonchev–Trinajstić information content (AvgIpc) is 3.52. The first kappa shape index (κ1) is 29.2. The third kappa shape index (κ3) is 6.27. The molecule has 6 rings (SSSR count). The van der Waals surface area contributed by atoms with Crippen LogP contribution in [0.1, 0.15) is 42.1 Å². The second kappa shape index (κ2) is 12.4. The Bertz CT molecular complexity index is 1640. The lowest BCUT2D eigenvalue weighted by atomic mass is 9.79. The minimum atomic E-state index is -0.439. The third-order valence-electron chi connectivity index (χ3n) is 8.79. The number of aromatic amines is 1. The molecule has 1 aromatic heterocycles. The number of esters is 1. The number of nitrogens with zero attached hydrogens (tertiary/aromatic N) is 3. The predicted molar refractivity (Wildman–Crippen MR) is 170 cm³/mol. The molecule has 1 unspecified atom stereocenters. The first-order valence-corrected chi connectivity index (χ1v) is 15.1. The van der Waals surface area contributed by atoms with Gasteiger partial charge in [-0.3, -0.25) is 10.00 Å². The van der Waals surface area contributed by atoms with Crippen LogP contribution in [0.4, 0.5) is 5.69 Å². The number of aromatic nitrogens is 2. The van der Waals surface area contributed by atoms with E-state index in [1.807, 2.05) is 49.6 Å². The molecule has 2 aliphatic rings. The molecule has 0 spiro atoms. The summed E-state index contributed by atoms with van der Waals surface area (Å²) in [5, 5.41) is 8.69. The molecule has 1 aliphatic carbocycles. The number of fused-ring (bicyclic) bond motifs is 1. The van der Waals surface area contributed by atoms with Crippen LogP contribution in [0, 0.1) is 0 Å². The molecule has 0 radical (unpaired) electrons. The minimum absolute atomic E-state index is 0.147. The number of carbonyl (C=O) groups is 1. The van der Waals surface area contributed by atoms with Crippen molar-refractivity contribution < 1.29 is 19.0 Å². The molecule has 1 aliphatic heterocycles.